The highest BCUT2D eigenvalue weighted by Crippen LogP contribution is 2.36. The lowest BCUT2D eigenvalue weighted by Crippen LogP contribution is -2.38. The van der Waals surface area contributed by atoms with Gasteiger partial charge in [-0.3, -0.25) is 4.79 Å². The first-order chi connectivity index (χ1) is 20.1. The zero-order valence-corrected chi connectivity index (χ0v) is 26.3. The summed E-state index contributed by atoms with van der Waals surface area (Å²) in [7, 11) is 8.25. The second-order valence-corrected chi connectivity index (χ2v) is 11.5. The average Bonchev–Trinajstić information content (AvgIpc) is 3.25. The van der Waals surface area contributed by atoms with Crippen LogP contribution < -0.4 is 15.5 Å². The molecule has 0 aliphatic heterocycles. The van der Waals surface area contributed by atoms with Crippen molar-refractivity contribution in [3.63, 3.8) is 0 Å². The molecular formula is C29H43N8O4S+. The molecule has 0 aliphatic carbocycles. The van der Waals surface area contributed by atoms with Gasteiger partial charge in [0.2, 0.25) is 5.91 Å². The molecule has 1 aromatic heterocycles. The summed E-state index contributed by atoms with van der Waals surface area (Å²) < 4.78 is 18.1. The Labute approximate surface area is 253 Å². The van der Waals surface area contributed by atoms with Gasteiger partial charge in [-0.05, 0) is 37.7 Å². The molecule has 0 spiro atoms. The van der Waals surface area contributed by atoms with Crippen LogP contribution in [0.1, 0.15) is 22.9 Å². The number of azo groups is 1. The minimum absolute atomic E-state index is 0.223. The van der Waals surface area contributed by atoms with Crippen molar-refractivity contribution in [1.82, 2.24) is 5.32 Å². The van der Waals surface area contributed by atoms with E-state index in [1.165, 1.54) is 6.92 Å². The van der Waals surface area contributed by atoms with Gasteiger partial charge in [0.05, 0.1) is 83.4 Å². The molecule has 0 aliphatic rings. The normalized spacial score (nSPS) is 11.4. The summed E-state index contributed by atoms with van der Waals surface area (Å²) in [4.78, 5) is 14.7. The second kappa shape index (κ2) is 18.2. The molecule has 12 nitrogen and oxygen atoms in total. The zero-order chi connectivity index (χ0) is 31.0. The number of carbonyl (C=O) groups is 1. The molecule has 0 bridgehead atoms. The number of anilines is 2. The first-order valence-corrected chi connectivity index (χ1v) is 14.6. The molecule has 1 amide bonds. The zero-order valence-electron chi connectivity index (χ0n) is 25.5. The van der Waals surface area contributed by atoms with Gasteiger partial charge >= 0.3 is 0 Å². The van der Waals surface area contributed by atoms with Crippen LogP contribution in [0.4, 0.5) is 22.1 Å². The molecule has 1 aromatic carbocycles. The molecule has 13 heteroatoms. The van der Waals surface area contributed by atoms with E-state index < -0.39 is 0 Å². The predicted octanol–water partition coefficient (Wildman–Crippen LogP) is 3.96. The van der Waals surface area contributed by atoms with E-state index in [1.807, 2.05) is 13.1 Å². The smallest absolute Gasteiger partial charge is 0.221 e. The molecule has 2 rings (SSSR count). The van der Waals surface area contributed by atoms with E-state index >= 15 is 0 Å². The minimum atomic E-state index is -0.223. The van der Waals surface area contributed by atoms with Crippen molar-refractivity contribution >= 4 is 39.3 Å². The highest BCUT2D eigenvalue weighted by molar-refractivity contribution is 7.16. The predicted molar refractivity (Wildman–Crippen MR) is 165 cm³/mol. The van der Waals surface area contributed by atoms with E-state index in [2.05, 4.69) is 59.0 Å². The van der Waals surface area contributed by atoms with Gasteiger partial charge in [0, 0.05) is 26.6 Å². The van der Waals surface area contributed by atoms with Crippen LogP contribution >= 0.6 is 11.3 Å². The highest BCUT2D eigenvalue weighted by Gasteiger charge is 2.16. The Morgan fingerprint density at radius 1 is 1.00 bits per heavy atom. The maximum atomic E-state index is 12.1. The van der Waals surface area contributed by atoms with Crippen LogP contribution in [-0.4, -0.2) is 104 Å². The third-order valence-corrected chi connectivity index (χ3v) is 7.10. The lowest BCUT2D eigenvalue weighted by Gasteiger charge is -2.28. The number of benzene rings is 1. The van der Waals surface area contributed by atoms with Gasteiger partial charge in [0.25, 0.3) is 0 Å². The fourth-order valence-electron chi connectivity index (χ4n) is 3.70. The largest absolute Gasteiger partial charge is 0.378 e. The van der Waals surface area contributed by atoms with Crippen molar-refractivity contribution in [2.45, 2.75) is 13.8 Å². The van der Waals surface area contributed by atoms with Gasteiger partial charge in [-0.15, -0.1) is 21.6 Å². The van der Waals surface area contributed by atoms with Gasteiger partial charge in [-0.25, -0.2) is 0 Å². The number of hydrogen-bond donors (Lipinski definition) is 2. The number of carbonyl (C=O) groups excluding carboxylic acids is 1. The molecule has 0 saturated carbocycles. The van der Waals surface area contributed by atoms with E-state index in [0.717, 1.165) is 34.6 Å². The lowest BCUT2D eigenvalue weighted by molar-refractivity contribution is -0.870. The van der Waals surface area contributed by atoms with E-state index in [4.69, 9.17) is 14.2 Å². The lowest BCUT2D eigenvalue weighted by atomic mass is 10.2. The van der Waals surface area contributed by atoms with Crippen LogP contribution in [0.2, 0.25) is 0 Å². The number of amides is 1. The summed E-state index contributed by atoms with van der Waals surface area (Å²) in [6.45, 7) is 9.23. The maximum absolute atomic E-state index is 12.1. The molecule has 2 aromatic rings. The molecule has 0 atom stereocenters. The van der Waals surface area contributed by atoms with Crippen molar-refractivity contribution in [1.29, 1.82) is 10.5 Å². The SMILES string of the molecule is CNCCOCCOCCN(CCOCC[N+](C)(C)C)c1ccc(N=Nc2sc(C#N)c(C)c2C#N)cc1NC(C)=O. The van der Waals surface area contributed by atoms with Crippen molar-refractivity contribution < 1.29 is 23.5 Å². The van der Waals surface area contributed by atoms with Crippen LogP contribution in [0.15, 0.2) is 28.4 Å². The van der Waals surface area contributed by atoms with Gasteiger partial charge in [-0.2, -0.15) is 10.5 Å². The average molecular weight is 600 g/mol. The number of rotatable bonds is 19. The third-order valence-electron chi connectivity index (χ3n) is 6.02. The molecule has 0 fully saturated rings. The van der Waals surface area contributed by atoms with Gasteiger partial charge < -0.3 is 34.2 Å². The molecule has 1 heterocycles. The summed E-state index contributed by atoms with van der Waals surface area (Å²) in [6, 6.07) is 9.59. The van der Waals surface area contributed by atoms with E-state index in [-0.39, 0.29) is 5.91 Å². The van der Waals surface area contributed by atoms with E-state index in [9.17, 15) is 15.3 Å². The van der Waals surface area contributed by atoms with Crippen LogP contribution in [0.5, 0.6) is 0 Å². The number of ether oxygens (including phenoxy) is 3. The first-order valence-electron chi connectivity index (χ1n) is 13.8. The van der Waals surface area contributed by atoms with Crippen LogP contribution in [0, 0.1) is 29.6 Å². The monoisotopic (exact) mass is 599 g/mol. The van der Waals surface area contributed by atoms with Crippen molar-refractivity contribution in [3.05, 3.63) is 34.2 Å². The number of nitriles is 2. The molecule has 0 radical (unpaired) electrons. The number of nitrogens with one attached hydrogen (secondary N) is 2. The highest BCUT2D eigenvalue weighted by atomic mass is 32.1. The van der Waals surface area contributed by atoms with Crippen molar-refractivity contribution in [3.8, 4) is 12.1 Å². The van der Waals surface area contributed by atoms with Gasteiger partial charge in [-0.1, -0.05) is 0 Å². The number of thiophene rings is 1. The fraction of sp³-hybridized carbons (Fsp3) is 0.552. The Morgan fingerprint density at radius 2 is 1.67 bits per heavy atom. The first kappa shape index (κ1) is 34.8. The van der Waals surface area contributed by atoms with Crippen molar-refractivity contribution in [2.75, 3.05) is 104 Å². The summed E-state index contributed by atoms with van der Waals surface area (Å²) in [5.74, 6) is -0.223. The maximum Gasteiger partial charge on any atom is 0.221 e. The Balaban J connectivity index is 2.21. The summed E-state index contributed by atoms with van der Waals surface area (Å²) in [5, 5.41) is 33.7. The standard InChI is InChI=1S/C29H42N8O4S/c1-22-25(20-30)29(42-28(22)21-31)35-34-24-7-8-27(26(19-24)33-23(2)38)36(10-14-40-16-12-37(4,5)6)11-15-41-18-17-39-13-9-32-3/h7-8,19,32H,9-18H2,1-6H3/p+1. The molecule has 0 saturated heterocycles. The topological polar surface area (TPSA) is 144 Å². The summed E-state index contributed by atoms with van der Waals surface area (Å²) >= 11 is 1.12. The Morgan fingerprint density at radius 3 is 2.26 bits per heavy atom. The van der Waals surface area contributed by atoms with E-state index in [0.29, 0.717) is 85.1 Å². The molecular weight excluding hydrogens is 556 g/mol. The molecule has 228 valence electrons. The summed E-state index contributed by atoms with van der Waals surface area (Å²) in [5.41, 5.74) is 2.79. The van der Waals surface area contributed by atoms with Crippen LogP contribution in [0.3, 0.4) is 0 Å². The Kier molecular flexibility index (Phi) is 15.1. The second-order valence-electron chi connectivity index (χ2n) is 10.5. The molecule has 2 N–H and O–H groups in total. The quantitative estimate of drug-likeness (QED) is 0.140. The number of likely N-dealkylation sites (N-methyl/N-ethyl adjacent to an activating group) is 2. The Hall–Kier alpha value is -3.43. The van der Waals surface area contributed by atoms with Crippen LogP contribution in [-0.2, 0) is 19.0 Å². The van der Waals surface area contributed by atoms with Crippen molar-refractivity contribution in [2.24, 2.45) is 10.2 Å². The Bertz CT molecular complexity index is 1260. The number of quaternary nitrogens is 1. The fourth-order valence-corrected chi connectivity index (χ4v) is 4.58. The number of hydrogen-bond acceptors (Lipinski definition) is 11. The minimum Gasteiger partial charge on any atom is -0.378 e. The number of nitrogens with zero attached hydrogens (tertiary/aromatic N) is 6. The molecule has 42 heavy (non-hydrogen) atoms. The summed E-state index contributed by atoms with van der Waals surface area (Å²) in [6.07, 6.45) is 0. The van der Waals surface area contributed by atoms with Gasteiger partial charge in [0.15, 0.2) is 5.00 Å². The third kappa shape index (κ3) is 12.2. The van der Waals surface area contributed by atoms with Crippen LogP contribution in [0.25, 0.3) is 0 Å². The van der Waals surface area contributed by atoms with E-state index in [1.54, 1.807) is 19.1 Å². The van der Waals surface area contributed by atoms with Gasteiger partial charge in [0.1, 0.15) is 23.6 Å². The molecule has 0 unspecified atom stereocenters.